The molecule has 1 aliphatic rings. The smallest absolute Gasteiger partial charge is 0.269 e. The van der Waals surface area contributed by atoms with Crippen molar-refractivity contribution in [2.24, 2.45) is 5.92 Å². The molecule has 21 heavy (non-hydrogen) atoms. The molecule has 1 aliphatic heterocycles. The van der Waals surface area contributed by atoms with Crippen LogP contribution in [0.3, 0.4) is 0 Å². The van der Waals surface area contributed by atoms with Crippen molar-refractivity contribution in [3.05, 3.63) is 17.5 Å². The second kappa shape index (κ2) is 6.17. The van der Waals surface area contributed by atoms with Crippen LogP contribution < -0.4 is 5.32 Å². The van der Waals surface area contributed by atoms with E-state index in [1.54, 1.807) is 4.68 Å². The van der Waals surface area contributed by atoms with E-state index in [-0.39, 0.29) is 29.2 Å². The minimum Gasteiger partial charge on any atom is -0.350 e. The summed E-state index contributed by atoms with van der Waals surface area (Å²) < 4.78 is 24.5. The van der Waals surface area contributed by atoms with Crippen LogP contribution in [-0.2, 0) is 16.4 Å². The average molecular weight is 313 g/mol. The molecule has 1 saturated heterocycles. The summed E-state index contributed by atoms with van der Waals surface area (Å²) in [6, 6.07) is 1.81. The number of nitrogens with one attached hydrogen (secondary N) is 1. The van der Waals surface area contributed by atoms with E-state index in [0.29, 0.717) is 25.2 Å². The minimum absolute atomic E-state index is 0.0292. The predicted octanol–water partition coefficient (Wildman–Crippen LogP) is 1.19. The highest BCUT2D eigenvalue weighted by Crippen LogP contribution is 2.18. The van der Waals surface area contributed by atoms with Gasteiger partial charge in [0.1, 0.15) is 5.69 Å². The number of aromatic nitrogens is 2. The summed E-state index contributed by atoms with van der Waals surface area (Å²) >= 11 is 0. The molecule has 0 aromatic carbocycles. The number of nitrogens with zero attached hydrogens (tertiary/aromatic N) is 2. The van der Waals surface area contributed by atoms with Crippen molar-refractivity contribution in [1.29, 1.82) is 0 Å². The lowest BCUT2D eigenvalue weighted by Crippen LogP contribution is -2.31. The van der Waals surface area contributed by atoms with Gasteiger partial charge in [-0.15, -0.1) is 0 Å². The third-order valence-corrected chi connectivity index (χ3v) is 5.64. The van der Waals surface area contributed by atoms with Gasteiger partial charge in [-0.2, -0.15) is 5.10 Å². The lowest BCUT2D eigenvalue weighted by atomic mass is 10.1. The molecule has 0 spiro atoms. The Morgan fingerprint density at radius 2 is 2.24 bits per heavy atom. The van der Waals surface area contributed by atoms with Crippen LogP contribution >= 0.6 is 0 Å². The van der Waals surface area contributed by atoms with Crippen molar-refractivity contribution < 1.29 is 13.2 Å². The lowest BCUT2D eigenvalue weighted by Gasteiger charge is -2.10. The molecular weight excluding hydrogens is 290 g/mol. The quantitative estimate of drug-likeness (QED) is 0.885. The van der Waals surface area contributed by atoms with Crippen molar-refractivity contribution in [2.75, 3.05) is 18.1 Å². The molecule has 1 aromatic heterocycles. The fourth-order valence-corrected chi connectivity index (χ4v) is 4.37. The zero-order valence-electron chi connectivity index (χ0n) is 12.8. The van der Waals surface area contributed by atoms with E-state index in [9.17, 15) is 13.2 Å². The van der Waals surface area contributed by atoms with E-state index < -0.39 is 9.84 Å². The highest BCUT2D eigenvalue weighted by Gasteiger charge is 2.28. The van der Waals surface area contributed by atoms with Crippen molar-refractivity contribution in [3.8, 4) is 0 Å². The molecule has 6 nitrogen and oxygen atoms in total. The Hall–Kier alpha value is -1.37. The van der Waals surface area contributed by atoms with Gasteiger partial charge in [-0.3, -0.25) is 9.48 Å². The van der Waals surface area contributed by atoms with Gasteiger partial charge in [-0.1, -0.05) is 13.8 Å². The zero-order chi connectivity index (χ0) is 15.6. The van der Waals surface area contributed by atoms with Gasteiger partial charge in [0.05, 0.1) is 17.2 Å². The van der Waals surface area contributed by atoms with Crippen LogP contribution in [0.15, 0.2) is 6.07 Å². The summed E-state index contributed by atoms with van der Waals surface area (Å²) in [6.07, 6.45) is 0.632. The molecule has 0 saturated carbocycles. The standard InChI is InChI=1S/C14H23N3O3S/c1-4-17-13(7-12(16-17)10(2)3)14(18)15-8-11-5-6-21(19,20)9-11/h7,10-11H,4-6,8-9H2,1-3H3,(H,15,18)/t11-/m1/s1. The molecule has 1 aromatic rings. The molecule has 0 aliphatic carbocycles. The maximum atomic E-state index is 12.3. The average Bonchev–Trinajstić information content (AvgIpc) is 2.99. The number of rotatable bonds is 5. The molecule has 118 valence electrons. The van der Waals surface area contributed by atoms with Crippen molar-refractivity contribution in [2.45, 2.75) is 39.7 Å². The predicted molar refractivity (Wildman–Crippen MR) is 81.1 cm³/mol. The molecule has 0 bridgehead atoms. The van der Waals surface area contributed by atoms with Gasteiger partial charge in [0, 0.05) is 13.1 Å². The van der Waals surface area contributed by atoms with E-state index in [0.717, 1.165) is 5.69 Å². The monoisotopic (exact) mass is 313 g/mol. The summed E-state index contributed by atoms with van der Waals surface area (Å²) in [5, 5.41) is 7.25. The number of carbonyl (C=O) groups excluding carboxylic acids is 1. The Morgan fingerprint density at radius 1 is 1.52 bits per heavy atom. The Morgan fingerprint density at radius 3 is 2.76 bits per heavy atom. The van der Waals surface area contributed by atoms with E-state index in [1.807, 2.05) is 26.8 Å². The van der Waals surface area contributed by atoms with Gasteiger partial charge in [-0.05, 0) is 31.2 Å². The summed E-state index contributed by atoms with van der Waals surface area (Å²) in [5.74, 6) is 0.529. The Kier molecular flexibility index (Phi) is 4.70. The number of amides is 1. The summed E-state index contributed by atoms with van der Waals surface area (Å²) in [7, 11) is -2.90. The lowest BCUT2D eigenvalue weighted by molar-refractivity contribution is 0.0937. The molecule has 1 amide bonds. The third kappa shape index (κ3) is 3.84. The largest absolute Gasteiger partial charge is 0.350 e. The van der Waals surface area contributed by atoms with Crippen molar-refractivity contribution in [3.63, 3.8) is 0 Å². The van der Waals surface area contributed by atoms with Gasteiger partial charge in [0.15, 0.2) is 9.84 Å². The number of hydrogen-bond donors (Lipinski definition) is 1. The highest BCUT2D eigenvalue weighted by molar-refractivity contribution is 7.91. The van der Waals surface area contributed by atoms with E-state index in [1.165, 1.54) is 0 Å². The highest BCUT2D eigenvalue weighted by atomic mass is 32.2. The van der Waals surface area contributed by atoms with Crippen molar-refractivity contribution >= 4 is 15.7 Å². The van der Waals surface area contributed by atoms with Crippen molar-refractivity contribution in [1.82, 2.24) is 15.1 Å². The number of aryl methyl sites for hydroxylation is 1. The molecule has 1 N–H and O–H groups in total. The molecular formula is C14H23N3O3S. The third-order valence-electron chi connectivity index (χ3n) is 3.80. The maximum absolute atomic E-state index is 12.3. The van der Waals surface area contributed by atoms with Gasteiger partial charge in [-0.25, -0.2) is 8.42 Å². The van der Waals surface area contributed by atoms with Crippen LogP contribution in [-0.4, -0.2) is 42.2 Å². The van der Waals surface area contributed by atoms with Gasteiger partial charge in [0.25, 0.3) is 5.91 Å². The molecule has 0 unspecified atom stereocenters. The SMILES string of the molecule is CCn1nc(C(C)C)cc1C(=O)NC[C@H]1CCS(=O)(=O)C1. The van der Waals surface area contributed by atoms with E-state index >= 15 is 0 Å². The first-order valence-electron chi connectivity index (χ1n) is 7.38. The first-order valence-corrected chi connectivity index (χ1v) is 9.21. The fraction of sp³-hybridized carbons (Fsp3) is 0.714. The normalized spacial score (nSPS) is 20.9. The summed E-state index contributed by atoms with van der Waals surface area (Å²) in [5.41, 5.74) is 1.44. The molecule has 1 atom stereocenters. The summed E-state index contributed by atoms with van der Waals surface area (Å²) in [6.45, 7) is 7.05. The first kappa shape index (κ1) is 16.0. The number of carbonyl (C=O) groups is 1. The zero-order valence-corrected chi connectivity index (χ0v) is 13.6. The van der Waals surface area contributed by atoms with Crippen LogP contribution in [0.2, 0.25) is 0 Å². The molecule has 7 heteroatoms. The maximum Gasteiger partial charge on any atom is 0.269 e. The topological polar surface area (TPSA) is 81.1 Å². The second-order valence-electron chi connectivity index (χ2n) is 5.90. The Bertz CT molecular complexity index is 619. The molecule has 1 fully saturated rings. The van der Waals surface area contributed by atoms with Gasteiger partial charge >= 0.3 is 0 Å². The van der Waals surface area contributed by atoms with Crippen LogP contribution in [0.25, 0.3) is 0 Å². The molecule has 0 radical (unpaired) electrons. The number of hydrogen-bond acceptors (Lipinski definition) is 4. The van der Waals surface area contributed by atoms with E-state index in [4.69, 9.17) is 0 Å². The summed E-state index contributed by atoms with van der Waals surface area (Å²) in [4.78, 5) is 12.3. The van der Waals surface area contributed by atoms with Gasteiger partial charge in [0.2, 0.25) is 0 Å². The molecule has 2 rings (SSSR count). The minimum atomic E-state index is -2.90. The molecule has 2 heterocycles. The first-order chi connectivity index (χ1) is 9.82. The van der Waals surface area contributed by atoms with Crippen LogP contribution in [0.5, 0.6) is 0 Å². The van der Waals surface area contributed by atoms with Crippen LogP contribution in [0.4, 0.5) is 0 Å². The Labute approximate surface area is 125 Å². The fourth-order valence-electron chi connectivity index (χ4n) is 2.50. The van der Waals surface area contributed by atoms with Crippen LogP contribution in [0, 0.1) is 5.92 Å². The second-order valence-corrected chi connectivity index (χ2v) is 8.13. The Balaban J connectivity index is 2.00. The van der Waals surface area contributed by atoms with Crippen LogP contribution in [0.1, 0.15) is 49.3 Å². The van der Waals surface area contributed by atoms with Gasteiger partial charge < -0.3 is 5.32 Å². The number of sulfone groups is 1. The van der Waals surface area contributed by atoms with E-state index in [2.05, 4.69) is 10.4 Å².